The van der Waals surface area contributed by atoms with E-state index in [0.717, 1.165) is 11.2 Å². The summed E-state index contributed by atoms with van der Waals surface area (Å²) < 4.78 is 0. The third-order valence-electron chi connectivity index (χ3n) is 2.81. The minimum absolute atomic E-state index is 0.451. The second-order valence-corrected chi connectivity index (χ2v) is 5.31. The van der Waals surface area contributed by atoms with Crippen LogP contribution in [0.1, 0.15) is 39.5 Å². The first-order valence-corrected chi connectivity index (χ1v) is 6.16. The van der Waals surface area contributed by atoms with Gasteiger partial charge in [-0.1, -0.05) is 20.3 Å². The van der Waals surface area contributed by atoms with Gasteiger partial charge in [0.2, 0.25) is 0 Å². The van der Waals surface area contributed by atoms with Crippen LogP contribution in [0, 0.1) is 5.92 Å². The van der Waals surface area contributed by atoms with E-state index in [9.17, 15) is 0 Å². The molecule has 0 aromatic heterocycles. The van der Waals surface area contributed by atoms with E-state index in [4.69, 9.17) is 5.73 Å². The van der Waals surface area contributed by atoms with Crippen molar-refractivity contribution in [3.63, 3.8) is 0 Å². The zero-order valence-corrected chi connectivity index (χ0v) is 9.07. The molecular formula is C10H21NS. The Balaban J connectivity index is 2.21. The fourth-order valence-corrected chi connectivity index (χ4v) is 3.05. The van der Waals surface area contributed by atoms with E-state index in [1.807, 2.05) is 0 Å². The maximum Gasteiger partial charge on any atom is 0.0199 e. The molecule has 0 aromatic carbocycles. The number of hydrogen-bond donors (Lipinski definition) is 1. The van der Waals surface area contributed by atoms with Gasteiger partial charge in [-0.2, -0.15) is 11.8 Å². The van der Waals surface area contributed by atoms with Crippen LogP contribution in [-0.4, -0.2) is 17.0 Å². The summed E-state index contributed by atoms with van der Waals surface area (Å²) in [4.78, 5) is 0. The van der Waals surface area contributed by atoms with Gasteiger partial charge in [0.05, 0.1) is 0 Å². The molecule has 72 valence electrons. The van der Waals surface area contributed by atoms with Gasteiger partial charge in [-0.15, -0.1) is 0 Å². The largest absolute Gasteiger partial charge is 0.327 e. The van der Waals surface area contributed by atoms with E-state index < -0.39 is 0 Å². The van der Waals surface area contributed by atoms with Crippen molar-refractivity contribution >= 4 is 11.8 Å². The highest BCUT2D eigenvalue weighted by Gasteiger charge is 2.23. The molecule has 1 saturated heterocycles. The zero-order chi connectivity index (χ0) is 8.97. The Labute approximate surface area is 80.5 Å². The minimum atomic E-state index is 0.451. The van der Waals surface area contributed by atoms with Crippen molar-refractivity contribution < 1.29 is 0 Å². The molecule has 3 unspecified atom stereocenters. The molecule has 1 nitrogen and oxygen atoms in total. The molecule has 1 fully saturated rings. The van der Waals surface area contributed by atoms with Crippen LogP contribution in [0.2, 0.25) is 0 Å². The summed E-state index contributed by atoms with van der Waals surface area (Å²) in [5, 5.41) is 0.763. The van der Waals surface area contributed by atoms with E-state index in [2.05, 4.69) is 25.6 Å². The van der Waals surface area contributed by atoms with Crippen LogP contribution in [-0.2, 0) is 0 Å². The molecule has 12 heavy (non-hydrogen) atoms. The summed E-state index contributed by atoms with van der Waals surface area (Å²) in [7, 11) is 0. The lowest BCUT2D eigenvalue weighted by atomic mass is 9.96. The standard InChI is InChI=1S/C10H21NS/c1-3-8(2)7-9(11)10-5-4-6-12-10/h8-10H,3-7,11H2,1-2H3. The molecule has 0 aromatic rings. The topological polar surface area (TPSA) is 26.0 Å². The summed E-state index contributed by atoms with van der Waals surface area (Å²) in [5.74, 6) is 2.14. The van der Waals surface area contributed by atoms with Gasteiger partial charge >= 0.3 is 0 Å². The molecular weight excluding hydrogens is 166 g/mol. The fraction of sp³-hybridized carbons (Fsp3) is 1.00. The maximum atomic E-state index is 6.13. The van der Waals surface area contributed by atoms with Gasteiger partial charge in [-0.05, 0) is 30.9 Å². The number of rotatable bonds is 4. The Morgan fingerprint density at radius 2 is 2.33 bits per heavy atom. The molecule has 0 saturated carbocycles. The van der Waals surface area contributed by atoms with Gasteiger partial charge in [0, 0.05) is 11.3 Å². The molecule has 0 aliphatic carbocycles. The lowest BCUT2D eigenvalue weighted by molar-refractivity contribution is 0.439. The van der Waals surface area contributed by atoms with Crippen molar-refractivity contribution in [3.05, 3.63) is 0 Å². The highest BCUT2D eigenvalue weighted by molar-refractivity contribution is 8.00. The van der Waals surface area contributed by atoms with Gasteiger partial charge in [-0.3, -0.25) is 0 Å². The normalized spacial score (nSPS) is 28.8. The number of thioether (sulfide) groups is 1. The van der Waals surface area contributed by atoms with Crippen LogP contribution in [0.5, 0.6) is 0 Å². The molecule has 0 spiro atoms. The van der Waals surface area contributed by atoms with E-state index in [1.54, 1.807) is 0 Å². The van der Waals surface area contributed by atoms with Crippen LogP contribution < -0.4 is 5.73 Å². The summed E-state index contributed by atoms with van der Waals surface area (Å²) in [6.07, 6.45) is 5.21. The molecule has 0 radical (unpaired) electrons. The lowest BCUT2D eigenvalue weighted by Gasteiger charge is -2.21. The van der Waals surface area contributed by atoms with Crippen molar-refractivity contribution in [2.45, 2.75) is 50.8 Å². The predicted molar refractivity (Wildman–Crippen MR) is 57.5 cm³/mol. The van der Waals surface area contributed by atoms with Crippen molar-refractivity contribution in [2.24, 2.45) is 11.7 Å². The van der Waals surface area contributed by atoms with E-state index in [1.165, 1.54) is 31.4 Å². The minimum Gasteiger partial charge on any atom is -0.327 e. The van der Waals surface area contributed by atoms with Gasteiger partial charge in [0.15, 0.2) is 0 Å². The molecule has 1 rings (SSSR count). The van der Waals surface area contributed by atoms with E-state index >= 15 is 0 Å². The first-order valence-electron chi connectivity index (χ1n) is 5.11. The average molecular weight is 187 g/mol. The van der Waals surface area contributed by atoms with E-state index in [-0.39, 0.29) is 0 Å². The molecule has 2 heteroatoms. The Morgan fingerprint density at radius 3 is 2.83 bits per heavy atom. The smallest absolute Gasteiger partial charge is 0.0199 e. The van der Waals surface area contributed by atoms with Gasteiger partial charge in [-0.25, -0.2) is 0 Å². The average Bonchev–Trinajstić information content (AvgIpc) is 2.56. The Morgan fingerprint density at radius 1 is 1.58 bits per heavy atom. The highest BCUT2D eigenvalue weighted by atomic mass is 32.2. The van der Waals surface area contributed by atoms with Crippen LogP contribution in [0.15, 0.2) is 0 Å². The molecule has 0 amide bonds. The van der Waals surface area contributed by atoms with E-state index in [0.29, 0.717) is 6.04 Å². The first kappa shape index (κ1) is 10.4. The third kappa shape index (κ3) is 2.98. The Kier molecular flexibility index (Phi) is 4.44. The van der Waals surface area contributed by atoms with Crippen molar-refractivity contribution in [2.75, 3.05) is 5.75 Å². The maximum absolute atomic E-state index is 6.13. The second-order valence-electron chi connectivity index (χ2n) is 3.96. The summed E-state index contributed by atoms with van der Waals surface area (Å²) in [5.41, 5.74) is 6.13. The van der Waals surface area contributed by atoms with Crippen LogP contribution in [0.4, 0.5) is 0 Å². The number of nitrogens with two attached hydrogens (primary N) is 1. The third-order valence-corrected chi connectivity index (χ3v) is 4.35. The highest BCUT2D eigenvalue weighted by Crippen LogP contribution is 2.30. The van der Waals surface area contributed by atoms with Gasteiger partial charge < -0.3 is 5.73 Å². The molecule has 1 aliphatic rings. The lowest BCUT2D eigenvalue weighted by Crippen LogP contribution is -2.32. The zero-order valence-electron chi connectivity index (χ0n) is 8.25. The van der Waals surface area contributed by atoms with Crippen LogP contribution in [0.3, 0.4) is 0 Å². The summed E-state index contributed by atoms with van der Waals surface area (Å²) in [6, 6.07) is 0.451. The van der Waals surface area contributed by atoms with Crippen LogP contribution in [0.25, 0.3) is 0 Å². The monoisotopic (exact) mass is 187 g/mol. The molecule has 1 aliphatic heterocycles. The van der Waals surface area contributed by atoms with Crippen molar-refractivity contribution in [1.82, 2.24) is 0 Å². The van der Waals surface area contributed by atoms with Crippen LogP contribution >= 0.6 is 11.8 Å². The first-order chi connectivity index (χ1) is 5.74. The van der Waals surface area contributed by atoms with Gasteiger partial charge in [0.25, 0.3) is 0 Å². The summed E-state index contributed by atoms with van der Waals surface area (Å²) >= 11 is 2.08. The number of hydrogen-bond acceptors (Lipinski definition) is 2. The van der Waals surface area contributed by atoms with Crippen molar-refractivity contribution in [1.29, 1.82) is 0 Å². The van der Waals surface area contributed by atoms with Crippen molar-refractivity contribution in [3.8, 4) is 0 Å². The Hall–Kier alpha value is 0.310. The molecule has 1 heterocycles. The Bertz CT molecular complexity index is 121. The SMILES string of the molecule is CCC(C)CC(N)C1CCCS1. The molecule has 2 N–H and O–H groups in total. The second kappa shape index (κ2) is 5.13. The van der Waals surface area contributed by atoms with Gasteiger partial charge in [0.1, 0.15) is 0 Å². The molecule has 0 bridgehead atoms. The molecule has 3 atom stereocenters. The predicted octanol–water partition coefficient (Wildman–Crippen LogP) is 2.65. The quantitative estimate of drug-likeness (QED) is 0.732. The summed E-state index contributed by atoms with van der Waals surface area (Å²) in [6.45, 7) is 4.55. The fourth-order valence-electron chi connectivity index (χ4n) is 1.72.